The zero-order valence-corrected chi connectivity index (χ0v) is 101. The average molecular weight is 2420 g/mol. The molecule has 0 spiro atoms. The van der Waals surface area contributed by atoms with Gasteiger partial charge < -0.3 is 82.1 Å². The minimum absolute atomic E-state index is 0. The predicted octanol–water partition coefficient (Wildman–Crippen LogP) is 14.1. The molecule has 0 radical (unpaired) electrons. The minimum atomic E-state index is -2.69. The van der Waals surface area contributed by atoms with Crippen molar-refractivity contribution in [3.05, 3.63) is 194 Å². The summed E-state index contributed by atoms with van der Waals surface area (Å²) in [5, 5.41) is 58.2. The molecular weight excluding hydrogens is 2230 g/mol. The van der Waals surface area contributed by atoms with Crippen LogP contribution in [0.2, 0.25) is 0 Å². The first kappa shape index (κ1) is 108. The zero-order chi connectivity index (χ0) is 132. The molecular formula is C106H164Br4K2N2O27P2. The second kappa shape index (κ2) is 86.6. The smallest absolute Gasteiger partial charge is 1.00 e. The van der Waals surface area contributed by atoms with Crippen molar-refractivity contribution in [1.29, 1.82) is 0 Å². The third-order valence-corrected chi connectivity index (χ3v) is 25.4. The molecule has 0 bridgehead atoms. The molecule has 0 fully saturated rings. The van der Waals surface area contributed by atoms with Crippen molar-refractivity contribution in [2.24, 2.45) is 41.1 Å². The van der Waals surface area contributed by atoms with E-state index in [-0.39, 0.29) is 174 Å². The van der Waals surface area contributed by atoms with Crippen LogP contribution in [0.4, 0.5) is 0 Å². The molecule has 800 valence electrons. The van der Waals surface area contributed by atoms with Gasteiger partial charge in [0.25, 0.3) is 6.47 Å². The third kappa shape index (κ3) is 89.6. The average Bonchev–Trinajstić information content (AvgIpc) is 0.740. The van der Waals surface area contributed by atoms with Crippen LogP contribution in [-0.4, -0.2) is 184 Å². The Hall–Kier alpha value is -6.16. The van der Waals surface area contributed by atoms with Crippen molar-refractivity contribution in [3.63, 3.8) is 0 Å². The van der Waals surface area contributed by atoms with Gasteiger partial charge in [0.15, 0.2) is 0 Å². The number of ether oxygens (including phenoxy) is 7. The number of esters is 7. The van der Waals surface area contributed by atoms with Gasteiger partial charge in [0.05, 0.1) is 29.8 Å². The number of nitrogens with two attached hydrogens (primary N) is 1. The molecule has 0 saturated heterocycles. The first-order valence-electron chi connectivity index (χ1n) is 55.1. The summed E-state index contributed by atoms with van der Waals surface area (Å²) < 4.78 is 218. The largest absolute Gasteiger partial charge is 1.00 e. The van der Waals surface area contributed by atoms with E-state index >= 15 is 0 Å². The molecule has 0 aliphatic heterocycles. The van der Waals surface area contributed by atoms with E-state index in [9.17, 15) is 57.5 Å². The van der Waals surface area contributed by atoms with E-state index in [2.05, 4.69) is 189 Å². The molecule has 8 atom stereocenters. The van der Waals surface area contributed by atoms with Gasteiger partial charge in [-0.1, -0.05) is 346 Å². The molecule has 29 nitrogen and oxygen atoms in total. The number of carboxylic acid groups (broad SMARTS) is 5. The van der Waals surface area contributed by atoms with Gasteiger partial charge in [-0.3, -0.25) is 57.5 Å². The van der Waals surface area contributed by atoms with E-state index in [1.165, 1.54) is 57.8 Å². The monoisotopic (exact) mass is 2410 g/mol. The van der Waals surface area contributed by atoms with Gasteiger partial charge in [-0.15, -0.1) is 0 Å². The number of benzene rings is 6. The quantitative estimate of drug-likeness (QED) is 0.00215. The number of rotatable bonds is 27. The molecule has 143 heavy (non-hydrogen) atoms. The summed E-state index contributed by atoms with van der Waals surface area (Å²) in [5.41, 5.74) is 2.51. The fourth-order valence-electron chi connectivity index (χ4n) is 9.67. The Kier molecular flexibility index (Phi) is 65.5. The molecule has 0 aliphatic carbocycles. The van der Waals surface area contributed by atoms with E-state index in [1.54, 1.807) is 68.1 Å². The topological polar surface area (TPSA) is 481 Å². The molecule has 10 N–H and O–H groups in total. The van der Waals surface area contributed by atoms with Crippen molar-refractivity contribution in [2.45, 2.75) is 278 Å². The van der Waals surface area contributed by atoms with Gasteiger partial charge in [-0.05, 0) is 199 Å². The van der Waals surface area contributed by atoms with Crippen LogP contribution >= 0.6 is 77.5 Å². The van der Waals surface area contributed by atoms with Gasteiger partial charge in [0.2, 0.25) is 0 Å². The Morgan fingerprint density at radius 2 is 0.685 bits per heavy atom. The fraction of sp³-hybridized carbons (Fsp3) is 0.500. The van der Waals surface area contributed by atoms with Gasteiger partial charge in [-0.2, -0.15) is 0 Å². The Balaban J connectivity index is -0.000000184. The third-order valence-electron chi connectivity index (χ3n) is 14.5. The predicted molar refractivity (Wildman–Crippen MR) is 585 cm³/mol. The van der Waals surface area contributed by atoms with Gasteiger partial charge in [0, 0.05) is 64.4 Å². The van der Waals surface area contributed by atoms with E-state index < -0.39 is 203 Å². The first-order chi connectivity index (χ1) is 74.5. The van der Waals surface area contributed by atoms with E-state index in [4.69, 9.17) is 105 Å². The summed E-state index contributed by atoms with van der Waals surface area (Å²) in [6, 6.07) is 60.6. The van der Waals surface area contributed by atoms with Crippen LogP contribution in [0.3, 0.4) is 0 Å². The number of hydrogen-bond acceptors (Lipinski definition) is 24. The number of carbonyl (C=O) groups is 13. The number of carboxylic acids is 5. The molecule has 0 amide bonds. The number of carbonyl (C=O) groups excluding carboxylic acids is 8. The van der Waals surface area contributed by atoms with Crippen molar-refractivity contribution < 1.29 is 271 Å². The van der Waals surface area contributed by atoms with Crippen molar-refractivity contribution in [1.82, 2.24) is 6.15 Å². The molecule has 0 aliphatic rings. The molecule has 0 aromatic heterocycles. The van der Waals surface area contributed by atoms with E-state index in [1.807, 2.05) is 114 Å². The molecule has 6 rings (SSSR count). The zero-order valence-electron chi connectivity index (χ0n) is 114. The van der Waals surface area contributed by atoms with Crippen molar-refractivity contribution >= 4 is 199 Å². The Morgan fingerprint density at radius 1 is 0.420 bits per heavy atom. The maximum Gasteiger partial charge on any atom is 1.00 e. The number of aliphatic carboxylic acids is 5. The van der Waals surface area contributed by atoms with E-state index in [0.717, 1.165) is 42.0 Å². The second-order valence-corrected chi connectivity index (χ2v) is 43.4. The SMILES string of the molecule is CC(C)(C)O[13C](=O)[13CH2]Br.CO[13C](=O)[13CH2]Br.CO[13C](=O)[13CH]=P(c1ccccc1)(c1ccccc1)c1ccccc1.C[13C]([13CH2][13C](=O)OC(C)(C)C)=P(c1ccccc1)(c1ccccc1)c1ccccc1.O=CO[O-].O=[13C](O)[13CH2]Br.[15NH3].[2H][12C]([2H])([2H])[13C@@]([2H])(C)[13C@H]([15NH2])[13C](=O)O.[2H][12C]([2H])([2H])[13C@@]([2H])(C)[13CH2][13C](=O)O.[2H][12C]([2H])([2H])[13C@@]([2H])(C)[13CH2][13C](=O)OC(C)(C)C.[2H][12C]([2H])([2H])[13C@@]([2H])(C)[13CH2][13C](=O)OC(C)(C)C.[2H][12C]([2H])([2H])[13C@@]([2H])(C)[13CH2][13C](=O)OC(C)(C)C.[2H][12C]([2H])([2H])[13C@@]([2H])(C)[13CH](Br)[13C](=O)O.[2H][12C]([2H])=[13C](C)[13CH2][13C](=O)O.[H-].[K+].[K+]. The van der Waals surface area contributed by atoms with Crippen LogP contribution in [0.25, 0.3) is 0 Å². The molecule has 0 heterocycles. The first-order valence-corrected chi connectivity index (χ1v) is 50.0. The summed E-state index contributed by atoms with van der Waals surface area (Å²) in [4.78, 5) is 139. The maximum absolute atomic E-state index is 12.8. The minimum Gasteiger partial charge on any atom is -1.00 e. The van der Waals surface area contributed by atoms with Crippen LogP contribution in [-0.2, 0) is 100 Å². The maximum atomic E-state index is 12.8. The number of alkyl halides is 4. The summed E-state index contributed by atoms with van der Waals surface area (Å²) in [6.45, 7) is 16.6. The number of methoxy groups -OCH3 is 2. The molecule has 1 unspecified atom stereocenters. The van der Waals surface area contributed by atoms with Crippen LogP contribution in [0, 0.1) is 35.4 Å². The summed E-state index contributed by atoms with van der Waals surface area (Å²) >= 11 is 11.3. The molecule has 0 saturated carbocycles. The molecule has 37 heteroatoms. The standard InChI is InChI=1S/C26H29O2P.C21H19O2P.3C9H18O2.C6H11BrO2.C5H9BrO2.C5H11NO2.C5H10O2.C5H8O2.C3H5BrO2.C2H3BrO2.CH2O3.2K.H3N.H/c1-21(20-25(27)28-26(2,3)4)29(22-14-8-5-9-15-22,23-16-10-6-11-17-23)24-18-12-7-13-19-24;1-23-21(22)17-24(18-11-5-2-6-12-18,19-13-7-3-8-14-19)20-15-9-4-10-16-20;3*1-7(2)6-8(10)11-9(3,4)5;1-6(2,3)9-5(8)4-7;2*1-3(2)4(6)5(7)8;2*1-4(2)3-5(6)7;1-6-3(5)2-4;3-1-2(4)5;2-1-4-3;;;;/h5-19H,20H2,1-4H3;2-17H,1H3;3*7H,6H2,1-5H3;4H2,1-3H3;3-4H,1-2H3,(H,7,8);3-4H,6H2,1-2H3,(H,7,8);4H,3H2,1-2H3,(H,6,7);1,3H2,2H3,(H,6,7);2H2,1H3;1H2,(H,4,5);1,3H;;;1H3;/q;;;;;;;;;;;;;2*+1;;-1/p-1/t;;;;;;;4-;;;;;;;;;/m.......0........./s1/i20+1,21+1,25+1;17+1,21+1;3*1+0D3,6+1,7+1D,8+1;4+1,5+1;1+0D3,3+1D,4+1,5+1;1+0D3,3+1D,4+1,5+1,6+1;1+0D3,3+1,4+1D,5+1;1+0D2,3+1,4+1,5+1;2+1,3+1;1+1,2+1;;;;1+1;/t;;3*7-;;3-,4?;3-,4-;4-;;;;;;;;/m..000.000......../s1. The molecule has 6 aromatic carbocycles. The Bertz CT molecular complexity index is 5440. The van der Waals surface area contributed by atoms with Crippen LogP contribution < -0.4 is 152 Å². The van der Waals surface area contributed by atoms with Gasteiger partial charge >= 0.3 is 174 Å². The Morgan fingerprint density at radius 3 is 0.846 bits per heavy atom. The van der Waals surface area contributed by atoms with Crippen molar-refractivity contribution in [3.8, 4) is 0 Å². The summed E-state index contributed by atoms with van der Waals surface area (Å²) in [7, 11) is 2.78. The summed E-state index contributed by atoms with van der Waals surface area (Å²) in [6.07, 6.45) is -1.86. The second-order valence-electron chi connectivity index (χ2n) is 33.9. The molecule has 6 aromatic rings. The van der Waals surface area contributed by atoms with Gasteiger partial charge in [0.1, 0.15) is 54.9 Å². The van der Waals surface area contributed by atoms with Crippen LogP contribution in [0.5, 0.6) is 0 Å². The summed E-state index contributed by atoms with van der Waals surface area (Å²) in [5.74, 6) is -18.5. The van der Waals surface area contributed by atoms with Crippen LogP contribution in [0.15, 0.2) is 194 Å². The van der Waals surface area contributed by atoms with Crippen LogP contribution in [0.1, 0.15) is 276 Å². The fourth-order valence-corrected chi connectivity index (χ4v) is 18.1. The number of halogens is 4. The number of hydrogen-bond donors (Lipinski definition) is 7. The van der Waals surface area contributed by atoms with Gasteiger partial charge in [-0.25, -0.2) is 4.79 Å². The van der Waals surface area contributed by atoms with Crippen molar-refractivity contribution in [2.75, 3.05) is 30.2 Å². The normalized spacial score (nSPS) is 16.4. The Labute approximate surface area is 1010 Å². The van der Waals surface area contributed by atoms with E-state index in [0.29, 0.717) is 6.42 Å².